The molecule has 1 atom stereocenters. The molecule has 1 aliphatic rings. The van der Waals surface area contributed by atoms with Gasteiger partial charge in [-0.25, -0.2) is 0 Å². The Hall–Kier alpha value is -1.57. The van der Waals surface area contributed by atoms with Crippen molar-refractivity contribution in [1.29, 1.82) is 0 Å². The van der Waals surface area contributed by atoms with Crippen LogP contribution in [-0.2, 0) is 6.54 Å². The summed E-state index contributed by atoms with van der Waals surface area (Å²) in [5, 5.41) is 7.77. The summed E-state index contributed by atoms with van der Waals surface area (Å²) < 4.78 is 1.96. The Bertz CT molecular complexity index is 652. The molecule has 2 aromatic rings. The van der Waals surface area contributed by atoms with Crippen LogP contribution in [0.4, 0.5) is 0 Å². The summed E-state index contributed by atoms with van der Waals surface area (Å²) in [6.07, 6.45) is 5.13. The van der Waals surface area contributed by atoms with Gasteiger partial charge in [0.05, 0.1) is 12.7 Å². The van der Waals surface area contributed by atoms with E-state index in [1.807, 2.05) is 17.9 Å². The maximum atomic E-state index is 4.44. The smallest absolute Gasteiger partial charge is 0.193 e. The second-order valence-corrected chi connectivity index (χ2v) is 6.10. The molecule has 3 rings (SSSR count). The van der Waals surface area contributed by atoms with E-state index in [1.54, 1.807) is 0 Å². The van der Waals surface area contributed by atoms with Crippen molar-refractivity contribution in [3.05, 3.63) is 53.9 Å². The Morgan fingerprint density at radius 2 is 2.12 bits per heavy atom. The molecular weight excluding hydrogens is 413 g/mol. The molecular formula is C18H26IN5. The normalized spacial score (nSPS) is 17.7. The Labute approximate surface area is 161 Å². The van der Waals surface area contributed by atoms with E-state index < -0.39 is 0 Å². The van der Waals surface area contributed by atoms with E-state index >= 15 is 0 Å². The molecule has 1 aromatic heterocycles. The van der Waals surface area contributed by atoms with Gasteiger partial charge >= 0.3 is 0 Å². The van der Waals surface area contributed by atoms with Gasteiger partial charge in [-0.2, -0.15) is 5.10 Å². The Morgan fingerprint density at radius 1 is 1.33 bits per heavy atom. The first-order valence-corrected chi connectivity index (χ1v) is 8.26. The van der Waals surface area contributed by atoms with Crippen LogP contribution in [0.2, 0.25) is 0 Å². The number of aromatic nitrogens is 2. The van der Waals surface area contributed by atoms with Gasteiger partial charge in [-0.05, 0) is 24.5 Å². The van der Waals surface area contributed by atoms with E-state index in [2.05, 4.69) is 63.8 Å². The number of nitrogens with one attached hydrogen (secondary N) is 1. The van der Waals surface area contributed by atoms with Crippen LogP contribution in [0.3, 0.4) is 0 Å². The number of rotatable bonds is 4. The topological polar surface area (TPSA) is 45.5 Å². The van der Waals surface area contributed by atoms with Gasteiger partial charge in [0.1, 0.15) is 0 Å². The quantitative estimate of drug-likeness (QED) is 0.453. The zero-order chi connectivity index (χ0) is 16.1. The largest absolute Gasteiger partial charge is 0.354 e. The summed E-state index contributed by atoms with van der Waals surface area (Å²) in [4.78, 5) is 6.79. The van der Waals surface area contributed by atoms with Crippen LogP contribution in [0, 0.1) is 6.92 Å². The first-order chi connectivity index (χ1) is 11.3. The Morgan fingerprint density at radius 3 is 2.79 bits per heavy atom. The van der Waals surface area contributed by atoms with Crippen LogP contribution >= 0.6 is 24.0 Å². The van der Waals surface area contributed by atoms with E-state index in [4.69, 9.17) is 0 Å². The second-order valence-electron chi connectivity index (χ2n) is 6.10. The third kappa shape index (κ3) is 4.72. The van der Waals surface area contributed by atoms with Crippen LogP contribution in [0.5, 0.6) is 0 Å². The van der Waals surface area contributed by atoms with Crippen molar-refractivity contribution >= 4 is 29.9 Å². The molecule has 0 amide bonds. The molecule has 0 aliphatic carbocycles. The highest BCUT2D eigenvalue weighted by Gasteiger charge is 2.25. The van der Waals surface area contributed by atoms with Crippen molar-refractivity contribution in [2.24, 2.45) is 4.99 Å². The molecule has 2 heterocycles. The van der Waals surface area contributed by atoms with E-state index in [0.29, 0.717) is 5.92 Å². The zero-order valence-electron chi connectivity index (χ0n) is 14.4. The van der Waals surface area contributed by atoms with Gasteiger partial charge in [0.15, 0.2) is 5.96 Å². The van der Waals surface area contributed by atoms with E-state index in [0.717, 1.165) is 32.1 Å². The van der Waals surface area contributed by atoms with Gasteiger partial charge in [-0.3, -0.25) is 9.67 Å². The third-order valence-electron chi connectivity index (χ3n) is 4.36. The average molecular weight is 439 g/mol. The maximum absolute atomic E-state index is 4.44. The standard InChI is InChI=1S/C18H25N5.HI/c1-15-12-21-23(13-15)11-9-20-18(19-2)22-10-8-17(14-22)16-6-4-3-5-7-16;/h3-7,12-13,17H,8-11,14H2,1-2H3,(H,19,20);1H. The van der Waals surface area contributed by atoms with Crippen LogP contribution in [0.1, 0.15) is 23.5 Å². The van der Waals surface area contributed by atoms with Crippen molar-refractivity contribution in [3.63, 3.8) is 0 Å². The van der Waals surface area contributed by atoms with E-state index in [9.17, 15) is 0 Å². The lowest BCUT2D eigenvalue weighted by Gasteiger charge is -2.21. The highest BCUT2D eigenvalue weighted by atomic mass is 127. The number of hydrogen-bond acceptors (Lipinski definition) is 2. The minimum atomic E-state index is 0. The Kier molecular flexibility index (Phi) is 7.08. The highest BCUT2D eigenvalue weighted by Crippen LogP contribution is 2.26. The summed E-state index contributed by atoms with van der Waals surface area (Å²) >= 11 is 0. The third-order valence-corrected chi connectivity index (χ3v) is 4.36. The van der Waals surface area contributed by atoms with Gasteiger partial charge in [0, 0.05) is 38.8 Å². The van der Waals surface area contributed by atoms with Gasteiger partial charge in [-0.15, -0.1) is 24.0 Å². The number of aryl methyl sites for hydroxylation is 1. The molecule has 1 saturated heterocycles. The summed E-state index contributed by atoms with van der Waals surface area (Å²) in [6, 6.07) is 10.8. The van der Waals surface area contributed by atoms with Gasteiger partial charge in [0.25, 0.3) is 0 Å². The molecule has 1 N–H and O–H groups in total. The SMILES string of the molecule is CN=C(NCCn1cc(C)cn1)N1CCC(c2ccccc2)C1.I. The molecule has 1 aromatic carbocycles. The first kappa shape index (κ1) is 18.8. The molecule has 6 heteroatoms. The average Bonchev–Trinajstić information content (AvgIpc) is 3.22. The minimum absolute atomic E-state index is 0. The molecule has 24 heavy (non-hydrogen) atoms. The summed E-state index contributed by atoms with van der Waals surface area (Å²) in [5.41, 5.74) is 2.62. The summed E-state index contributed by atoms with van der Waals surface area (Å²) in [6.45, 7) is 5.83. The number of likely N-dealkylation sites (tertiary alicyclic amines) is 1. The van der Waals surface area contributed by atoms with Crippen molar-refractivity contribution in [3.8, 4) is 0 Å². The van der Waals surface area contributed by atoms with Crippen molar-refractivity contribution in [2.45, 2.75) is 25.8 Å². The fourth-order valence-corrected chi connectivity index (χ4v) is 3.15. The monoisotopic (exact) mass is 439 g/mol. The molecule has 1 aliphatic heterocycles. The number of guanidine groups is 1. The molecule has 0 spiro atoms. The lowest BCUT2D eigenvalue weighted by Crippen LogP contribution is -2.41. The summed E-state index contributed by atoms with van der Waals surface area (Å²) in [7, 11) is 1.86. The van der Waals surface area contributed by atoms with Crippen LogP contribution in [-0.4, -0.2) is 47.3 Å². The predicted octanol–water partition coefficient (Wildman–Crippen LogP) is 2.87. The van der Waals surface area contributed by atoms with Crippen molar-refractivity contribution in [1.82, 2.24) is 20.0 Å². The number of aliphatic imine (C=N–C) groups is 1. The lowest BCUT2D eigenvalue weighted by atomic mass is 9.99. The number of halogens is 1. The molecule has 5 nitrogen and oxygen atoms in total. The lowest BCUT2D eigenvalue weighted by molar-refractivity contribution is 0.479. The number of nitrogens with zero attached hydrogens (tertiary/aromatic N) is 4. The van der Waals surface area contributed by atoms with Crippen LogP contribution < -0.4 is 5.32 Å². The molecule has 130 valence electrons. The molecule has 0 saturated carbocycles. The maximum Gasteiger partial charge on any atom is 0.193 e. The van der Waals surface area contributed by atoms with Gasteiger partial charge in [-0.1, -0.05) is 30.3 Å². The molecule has 0 bridgehead atoms. The zero-order valence-corrected chi connectivity index (χ0v) is 16.7. The van der Waals surface area contributed by atoms with Gasteiger partial charge in [0.2, 0.25) is 0 Å². The molecule has 1 unspecified atom stereocenters. The highest BCUT2D eigenvalue weighted by molar-refractivity contribution is 14.0. The first-order valence-electron chi connectivity index (χ1n) is 8.26. The fraction of sp³-hybridized carbons (Fsp3) is 0.444. The van der Waals surface area contributed by atoms with Crippen molar-refractivity contribution < 1.29 is 0 Å². The number of benzene rings is 1. The van der Waals surface area contributed by atoms with Gasteiger partial charge < -0.3 is 10.2 Å². The van der Waals surface area contributed by atoms with Crippen molar-refractivity contribution in [2.75, 3.05) is 26.7 Å². The van der Waals surface area contributed by atoms with E-state index in [1.165, 1.54) is 17.5 Å². The Balaban J connectivity index is 0.00000208. The van der Waals surface area contributed by atoms with Crippen LogP contribution in [0.15, 0.2) is 47.7 Å². The predicted molar refractivity (Wildman–Crippen MR) is 109 cm³/mol. The van der Waals surface area contributed by atoms with Crippen LogP contribution in [0.25, 0.3) is 0 Å². The van der Waals surface area contributed by atoms with E-state index in [-0.39, 0.29) is 24.0 Å². The molecule has 0 radical (unpaired) electrons. The second kappa shape index (κ2) is 9.05. The molecule has 1 fully saturated rings. The summed E-state index contributed by atoms with van der Waals surface area (Å²) in [5.74, 6) is 1.59. The minimum Gasteiger partial charge on any atom is -0.354 e. The number of hydrogen-bond donors (Lipinski definition) is 1. The fourth-order valence-electron chi connectivity index (χ4n) is 3.15.